The minimum Gasteiger partial charge on any atom is -0.305 e. The number of hydrogen-bond acceptors (Lipinski definition) is 3. The Balaban J connectivity index is 2.34. The molecule has 1 aliphatic rings. The molecule has 0 aliphatic heterocycles. The zero-order chi connectivity index (χ0) is 9.54. The SMILES string of the molecule is O=c1ncc2c([nH]1)-c1ccsc1CC2. The van der Waals surface area contributed by atoms with Gasteiger partial charge in [0.15, 0.2) is 0 Å². The van der Waals surface area contributed by atoms with Gasteiger partial charge in [0.05, 0.1) is 5.69 Å². The van der Waals surface area contributed by atoms with Crippen LogP contribution in [0.25, 0.3) is 11.3 Å². The Kier molecular flexibility index (Phi) is 1.58. The van der Waals surface area contributed by atoms with Crippen molar-refractivity contribution in [1.82, 2.24) is 9.97 Å². The molecule has 4 heteroatoms. The maximum atomic E-state index is 11.1. The van der Waals surface area contributed by atoms with Crippen molar-refractivity contribution < 1.29 is 0 Å². The van der Waals surface area contributed by atoms with Crippen LogP contribution in [-0.4, -0.2) is 9.97 Å². The number of thiophene rings is 1. The quantitative estimate of drug-likeness (QED) is 0.708. The summed E-state index contributed by atoms with van der Waals surface area (Å²) < 4.78 is 0. The van der Waals surface area contributed by atoms with E-state index < -0.39 is 0 Å². The molecular weight excluding hydrogens is 196 g/mol. The Labute approximate surface area is 84.5 Å². The lowest BCUT2D eigenvalue weighted by atomic mass is 9.97. The summed E-state index contributed by atoms with van der Waals surface area (Å²) in [6.07, 6.45) is 3.73. The molecule has 0 spiro atoms. The number of aromatic amines is 1. The first-order chi connectivity index (χ1) is 6.84. The van der Waals surface area contributed by atoms with Crippen LogP contribution in [0.4, 0.5) is 0 Å². The van der Waals surface area contributed by atoms with Crippen molar-refractivity contribution in [2.24, 2.45) is 0 Å². The second-order valence-electron chi connectivity index (χ2n) is 3.35. The molecule has 1 N–H and O–H groups in total. The fourth-order valence-electron chi connectivity index (χ4n) is 1.86. The van der Waals surface area contributed by atoms with Gasteiger partial charge in [-0.3, -0.25) is 0 Å². The second-order valence-corrected chi connectivity index (χ2v) is 4.35. The monoisotopic (exact) mass is 204 g/mol. The third-order valence-electron chi connectivity index (χ3n) is 2.53. The van der Waals surface area contributed by atoms with E-state index in [4.69, 9.17) is 0 Å². The number of rotatable bonds is 0. The predicted octanol–water partition coefficient (Wildman–Crippen LogP) is 1.60. The Hall–Kier alpha value is -1.42. The molecule has 2 aromatic rings. The highest BCUT2D eigenvalue weighted by Gasteiger charge is 2.17. The van der Waals surface area contributed by atoms with Gasteiger partial charge in [-0.1, -0.05) is 0 Å². The van der Waals surface area contributed by atoms with Crippen molar-refractivity contribution in [2.75, 3.05) is 0 Å². The third kappa shape index (κ3) is 1.04. The summed E-state index contributed by atoms with van der Waals surface area (Å²) in [7, 11) is 0. The molecule has 0 radical (unpaired) electrons. The van der Waals surface area contributed by atoms with Gasteiger partial charge in [0.2, 0.25) is 0 Å². The van der Waals surface area contributed by atoms with Gasteiger partial charge in [0.25, 0.3) is 0 Å². The number of aryl methyl sites for hydroxylation is 2. The molecular formula is C10H8N2OS. The highest BCUT2D eigenvalue weighted by Crippen LogP contribution is 2.33. The summed E-state index contributed by atoms with van der Waals surface area (Å²) in [5, 5.41) is 2.07. The third-order valence-corrected chi connectivity index (χ3v) is 3.51. The van der Waals surface area contributed by atoms with E-state index in [1.807, 2.05) is 0 Å². The maximum Gasteiger partial charge on any atom is 0.345 e. The van der Waals surface area contributed by atoms with Crippen LogP contribution in [0.3, 0.4) is 0 Å². The van der Waals surface area contributed by atoms with Gasteiger partial charge in [-0.2, -0.15) is 0 Å². The van der Waals surface area contributed by atoms with E-state index in [1.54, 1.807) is 17.5 Å². The molecule has 2 aromatic heterocycles. The Morgan fingerprint density at radius 1 is 1.43 bits per heavy atom. The molecule has 0 fully saturated rings. The number of nitrogens with zero attached hydrogens (tertiary/aromatic N) is 1. The lowest BCUT2D eigenvalue weighted by molar-refractivity contribution is 0.913. The van der Waals surface area contributed by atoms with Crippen molar-refractivity contribution in [3.05, 3.63) is 38.6 Å². The normalized spacial score (nSPS) is 13.4. The van der Waals surface area contributed by atoms with E-state index in [1.165, 1.54) is 10.4 Å². The van der Waals surface area contributed by atoms with E-state index >= 15 is 0 Å². The Morgan fingerprint density at radius 2 is 2.36 bits per heavy atom. The molecule has 3 nitrogen and oxygen atoms in total. The van der Waals surface area contributed by atoms with Gasteiger partial charge >= 0.3 is 5.69 Å². The number of nitrogens with one attached hydrogen (secondary N) is 1. The van der Waals surface area contributed by atoms with Crippen LogP contribution in [-0.2, 0) is 12.8 Å². The molecule has 2 heterocycles. The lowest BCUT2D eigenvalue weighted by Crippen LogP contribution is -2.15. The first kappa shape index (κ1) is 7.94. The first-order valence-corrected chi connectivity index (χ1v) is 5.37. The number of aromatic nitrogens is 2. The van der Waals surface area contributed by atoms with Crippen molar-refractivity contribution in [2.45, 2.75) is 12.8 Å². The Morgan fingerprint density at radius 3 is 3.29 bits per heavy atom. The molecule has 14 heavy (non-hydrogen) atoms. The highest BCUT2D eigenvalue weighted by molar-refractivity contribution is 7.10. The molecule has 3 rings (SSSR count). The van der Waals surface area contributed by atoms with Gasteiger partial charge in [-0.05, 0) is 29.9 Å². The predicted molar refractivity (Wildman–Crippen MR) is 55.6 cm³/mol. The molecule has 0 unspecified atom stereocenters. The highest BCUT2D eigenvalue weighted by atomic mass is 32.1. The van der Waals surface area contributed by atoms with Crippen LogP contribution >= 0.6 is 11.3 Å². The molecule has 0 atom stereocenters. The topological polar surface area (TPSA) is 45.8 Å². The summed E-state index contributed by atoms with van der Waals surface area (Å²) in [6.45, 7) is 0. The lowest BCUT2D eigenvalue weighted by Gasteiger charge is -2.14. The second kappa shape index (κ2) is 2.78. The maximum absolute atomic E-state index is 11.1. The molecule has 0 saturated carbocycles. The molecule has 1 aliphatic carbocycles. The van der Waals surface area contributed by atoms with Crippen LogP contribution in [0, 0.1) is 0 Å². The van der Waals surface area contributed by atoms with Gasteiger partial charge in [0.1, 0.15) is 0 Å². The average molecular weight is 204 g/mol. The van der Waals surface area contributed by atoms with E-state index in [-0.39, 0.29) is 5.69 Å². The van der Waals surface area contributed by atoms with E-state index in [0.29, 0.717) is 0 Å². The standard InChI is InChI=1S/C10H8N2OS/c13-10-11-5-6-1-2-8-7(3-4-14-8)9(6)12-10/h3-5H,1-2H2,(H,11,12,13). The summed E-state index contributed by atoms with van der Waals surface area (Å²) in [6, 6.07) is 2.06. The van der Waals surface area contributed by atoms with Crippen molar-refractivity contribution in [3.8, 4) is 11.3 Å². The van der Waals surface area contributed by atoms with Crippen LogP contribution in [0.1, 0.15) is 10.4 Å². The molecule has 0 saturated heterocycles. The number of H-pyrrole nitrogens is 1. The zero-order valence-corrected chi connectivity index (χ0v) is 8.23. The molecule has 0 amide bonds. The summed E-state index contributed by atoms with van der Waals surface area (Å²) in [5.74, 6) is 0. The summed E-state index contributed by atoms with van der Waals surface area (Å²) >= 11 is 1.75. The van der Waals surface area contributed by atoms with Crippen LogP contribution in [0.2, 0.25) is 0 Å². The summed E-state index contributed by atoms with van der Waals surface area (Å²) in [5.41, 5.74) is 3.03. The van der Waals surface area contributed by atoms with Crippen molar-refractivity contribution >= 4 is 11.3 Å². The van der Waals surface area contributed by atoms with Crippen LogP contribution in [0.15, 0.2) is 22.4 Å². The number of hydrogen-bond donors (Lipinski definition) is 1. The van der Waals surface area contributed by atoms with Gasteiger partial charge < -0.3 is 4.98 Å². The minimum absolute atomic E-state index is 0.261. The largest absolute Gasteiger partial charge is 0.345 e. The van der Waals surface area contributed by atoms with E-state index in [9.17, 15) is 4.79 Å². The van der Waals surface area contributed by atoms with Gasteiger partial charge in [-0.15, -0.1) is 11.3 Å². The minimum atomic E-state index is -0.261. The fourth-order valence-corrected chi connectivity index (χ4v) is 2.74. The Bertz CT molecular complexity index is 541. The summed E-state index contributed by atoms with van der Waals surface area (Å²) in [4.78, 5) is 19.0. The first-order valence-electron chi connectivity index (χ1n) is 4.49. The zero-order valence-electron chi connectivity index (χ0n) is 7.41. The molecule has 0 aromatic carbocycles. The van der Waals surface area contributed by atoms with Crippen LogP contribution in [0.5, 0.6) is 0 Å². The fraction of sp³-hybridized carbons (Fsp3) is 0.200. The van der Waals surface area contributed by atoms with Crippen molar-refractivity contribution in [3.63, 3.8) is 0 Å². The van der Waals surface area contributed by atoms with Crippen molar-refractivity contribution in [1.29, 1.82) is 0 Å². The van der Waals surface area contributed by atoms with Gasteiger partial charge in [-0.25, -0.2) is 9.78 Å². The van der Waals surface area contributed by atoms with E-state index in [2.05, 4.69) is 21.4 Å². The molecule has 0 bridgehead atoms. The number of fused-ring (bicyclic) bond motifs is 3. The average Bonchev–Trinajstić information content (AvgIpc) is 2.65. The smallest absolute Gasteiger partial charge is 0.305 e. The van der Waals surface area contributed by atoms with E-state index in [0.717, 1.165) is 24.1 Å². The van der Waals surface area contributed by atoms with Crippen LogP contribution < -0.4 is 5.69 Å². The van der Waals surface area contributed by atoms with Gasteiger partial charge in [0, 0.05) is 16.6 Å². The molecule has 70 valence electrons.